The Morgan fingerprint density at radius 2 is 2.05 bits per heavy atom. The van der Waals surface area contributed by atoms with Gasteiger partial charge in [0.2, 0.25) is 0 Å². The second-order valence-corrected chi connectivity index (χ2v) is 4.51. The standard InChI is InChI=1S/C12H13Cl2NO4/c1-2-15(6-12(17)18)11(16)7-19-10-4-3-8(13)5-9(10)14/h3-5H,2,6-7H2,1H3,(H,17,18). The lowest BCUT2D eigenvalue weighted by Gasteiger charge is -2.18. The summed E-state index contributed by atoms with van der Waals surface area (Å²) >= 11 is 11.6. The Hall–Kier alpha value is -1.46. The number of carbonyl (C=O) groups is 2. The van der Waals surface area contributed by atoms with Crippen molar-refractivity contribution in [2.24, 2.45) is 0 Å². The van der Waals surface area contributed by atoms with Crippen LogP contribution in [0.25, 0.3) is 0 Å². The highest BCUT2D eigenvalue weighted by Crippen LogP contribution is 2.27. The van der Waals surface area contributed by atoms with Crippen LogP contribution in [0.2, 0.25) is 10.0 Å². The molecule has 0 aliphatic carbocycles. The molecule has 104 valence electrons. The molecule has 1 aromatic rings. The number of nitrogens with zero attached hydrogens (tertiary/aromatic N) is 1. The minimum atomic E-state index is -1.07. The number of carboxylic acid groups (broad SMARTS) is 1. The van der Waals surface area contributed by atoms with E-state index in [9.17, 15) is 9.59 Å². The molecule has 0 aliphatic heterocycles. The van der Waals surface area contributed by atoms with E-state index >= 15 is 0 Å². The number of amides is 1. The van der Waals surface area contributed by atoms with E-state index in [-0.39, 0.29) is 13.2 Å². The number of aliphatic carboxylic acids is 1. The minimum absolute atomic E-state index is 0.275. The molecule has 0 aliphatic rings. The summed E-state index contributed by atoms with van der Waals surface area (Å²) in [6, 6.07) is 4.63. The van der Waals surface area contributed by atoms with Crippen LogP contribution in [0.15, 0.2) is 18.2 Å². The zero-order chi connectivity index (χ0) is 14.4. The average molecular weight is 306 g/mol. The first-order valence-corrected chi connectivity index (χ1v) is 6.27. The highest BCUT2D eigenvalue weighted by Gasteiger charge is 2.16. The SMILES string of the molecule is CCN(CC(=O)O)C(=O)COc1ccc(Cl)cc1Cl. The summed E-state index contributed by atoms with van der Waals surface area (Å²) in [7, 11) is 0. The number of likely N-dealkylation sites (N-methyl/N-ethyl adjacent to an activating group) is 1. The molecule has 0 heterocycles. The first kappa shape index (κ1) is 15.6. The molecule has 0 atom stereocenters. The lowest BCUT2D eigenvalue weighted by atomic mass is 10.3. The maximum absolute atomic E-state index is 11.7. The molecule has 0 aromatic heterocycles. The van der Waals surface area contributed by atoms with Crippen molar-refractivity contribution in [1.29, 1.82) is 0 Å². The Labute approximate surface area is 120 Å². The summed E-state index contributed by atoms with van der Waals surface area (Å²) in [6.07, 6.45) is 0. The number of carbonyl (C=O) groups excluding carboxylic acids is 1. The fraction of sp³-hybridized carbons (Fsp3) is 0.333. The Bertz CT molecular complexity index is 479. The number of rotatable bonds is 6. The third kappa shape index (κ3) is 4.96. The number of benzene rings is 1. The van der Waals surface area contributed by atoms with Gasteiger partial charge in [-0.3, -0.25) is 9.59 Å². The van der Waals surface area contributed by atoms with Crippen LogP contribution in [-0.2, 0) is 9.59 Å². The maximum Gasteiger partial charge on any atom is 0.323 e. The fourth-order valence-corrected chi connectivity index (χ4v) is 1.83. The van der Waals surface area contributed by atoms with Gasteiger partial charge in [0, 0.05) is 11.6 Å². The average Bonchev–Trinajstić information content (AvgIpc) is 2.34. The largest absolute Gasteiger partial charge is 0.482 e. The van der Waals surface area contributed by atoms with Gasteiger partial charge in [0.05, 0.1) is 5.02 Å². The molecule has 0 radical (unpaired) electrons. The number of carboxylic acids is 1. The zero-order valence-electron chi connectivity index (χ0n) is 10.2. The van der Waals surface area contributed by atoms with E-state index in [1.165, 1.54) is 11.0 Å². The van der Waals surface area contributed by atoms with Crippen molar-refractivity contribution < 1.29 is 19.4 Å². The van der Waals surface area contributed by atoms with Crippen molar-refractivity contribution in [1.82, 2.24) is 4.90 Å². The lowest BCUT2D eigenvalue weighted by Crippen LogP contribution is -2.38. The van der Waals surface area contributed by atoms with Crippen LogP contribution in [0.5, 0.6) is 5.75 Å². The van der Waals surface area contributed by atoms with Gasteiger partial charge in [-0.2, -0.15) is 0 Å². The van der Waals surface area contributed by atoms with Crippen LogP contribution in [0, 0.1) is 0 Å². The molecule has 1 N–H and O–H groups in total. The molecule has 5 nitrogen and oxygen atoms in total. The van der Waals surface area contributed by atoms with Gasteiger partial charge in [-0.1, -0.05) is 23.2 Å². The molecule has 0 spiro atoms. The van der Waals surface area contributed by atoms with Gasteiger partial charge in [0.15, 0.2) is 6.61 Å². The van der Waals surface area contributed by atoms with Gasteiger partial charge in [0.1, 0.15) is 12.3 Å². The van der Waals surface area contributed by atoms with Crippen LogP contribution >= 0.6 is 23.2 Å². The molecule has 1 amide bonds. The molecule has 0 unspecified atom stereocenters. The smallest absolute Gasteiger partial charge is 0.323 e. The Balaban J connectivity index is 2.60. The van der Waals surface area contributed by atoms with Crippen LogP contribution in [0.1, 0.15) is 6.92 Å². The van der Waals surface area contributed by atoms with E-state index in [1.807, 2.05) is 0 Å². The molecular formula is C12H13Cl2NO4. The van der Waals surface area contributed by atoms with Crippen LogP contribution in [0.3, 0.4) is 0 Å². The first-order valence-electron chi connectivity index (χ1n) is 5.51. The van der Waals surface area contributed by atoms with Crippen molar-refractivity contribution in [2.45, 2.75) is 6.92 Å². The lowest BCUT2D eigenvalue weighted by molar-refractivity contribution is -0.145. The van der Waals surface area contributed by atoms with Crippen LogP contribution < -0.4 is 4.74 Å². The van der Waals surface area contributed by atoms with E-state index in [4.69, 9.17) is 33.0 Å². The predicted octanol–water partition coefficient (Wildman–Crippen LogP) is 2.31. The molecule has 0 bridgehead atoms. The molecule has 0 saturated heterocycles. The van der Waals surface area contributed by atoms with Gasteiger partial charge >= 0.3 is 5.97 Å². The van der Waals surface area contributed by atoms with E-state index in [0.29, 0.717) is 22.3 Å². The number of ether oxygens (including phenoxy) is 1. The number of halogens is 2. The van der Waals surface area contributed by atoms with Crippen molar-refractivity contribution in [3.8, 4) is 5.75 Å². The first-order chi connectivity index (χ1) is 8.93. The van der Waals surface area contributed by atoms with E-state index < -0.39 is 11.9 Å². The molecule has 0 fully saturated rings. The summed E-state index contributed by atoms with van der Waals surface area (Å²) in [6.45, 7) is 1.36. The molecule has 7 heteroatoms. The van der Waals surface area contributed by atoms with E-state index in [0.717, 1.165) is 0 Å². The van der Waals surface area contributed by atoms with Gasteiger partial charge in [0.25, 0.3) is 5.91 Å². The molecule has 1 rings (SSSR count). The number of hydrogen-bond acceptors (Lipinski definition) is 3. The quantitative estimate of drug-likeness (QED) is 0.876. The minimum Gasteiger partial charge on any atom is -0.482 e. The maximum atomic E-state index is 11.7. The fourth-order valence-electron chi connectivity index (χ4n) is 1.36. The van der Waals surface area contributed by atoms with Crippen LogP contribution in [0.4, 0.5) is 0 Å². The molecule has 1 aromatic carbocycles. The van der Waals surface area contributed by atoms with Gasteiger partial charge in [-0.15, -0.1) is 0 Å². The van der Waals surface area contributed by atoms with Crippen molar-refractivity contribution in [2.75, 3.05) is 19.7 Å². The molecule has 0 saturated carbocycles. The topological polar surface area (TPSA) is 66.8 Å². The Morgan fingerprint density at radius 3 is 2.58 bits per heavy atom. The predicted molar refractivity (Wildman–Crippen MR) is 71.8 cm³/mol. The highest BCUT2D eigenvalue weighted by atomic mass is 35.5. The second kappa shape index (κ2) is 7.21. The van der Waals surface area contributed by atoms with Gasteiger partial charge < -0.3 is 14.7 Å². The molecule has 19 heavy (non-hydrogen) atoms. The van der Waals surface area contributed by atoms with E-state index in [1.54, 1.807) is 19.1 Å². The van der Waals surface area contributed by atoms with Crippen LogP contribution in [-0.4, -0.2) is 41.6 Å². The van der Waals surface area contributed by atoms with Crippen molar-refractivity contribution in [3.63, 3.8) is 0 Å². The Morgan fingerprint density at radius 1 is 1.37 bits per heavy atom. The monoisotopic (exact) mass is 305 g/mol. The third-order valence-corrected chi connectivity index (χ3v) is 2.84. The van der Waals surface area contributed by atoms with Crippen molar-refractivity contribution >= 4 is 35.1 Å². The summed E-state index contributed by atoms with van der Waals surface area (Å²) in [5.74, 6) is -1.17. The normalized spacial score (nSPS) is 10.1. The molecular weight excluding hydrogens is 293 g/mol. The third-order valence-electron chi connectivity index (χ3n) is 2.31. The van der Waals surface area contributed by atoms with Crippen molar-refractivity contribution in [3.05, 3.63) is 28.2 Å². The Kier molecular flexibility index (Phi) is 5.92. The second-order valence-electron chi connectivity index (χ2n) is 3.67. The number of hydrogen-bond donors (Lipinski definition) is 1. The summed E-state index contributed by atoms with van der Waals surface area (Å²) in [5, 5.41) is 9.41. The van der Waals surface area contributed by atoms with Gasteiger partial charge in [-0.25, -0.2) is 0 Å². The van der Waals surface area contributed by atoms with E-state index in [2.05, 4.69) is 0 Å². The van der Waals surface area contributed by atoms with Gasteiger partial charge in [-0.05, 0) is 25.1 Å². The summed E-state index contributed by atoms with van der Waals surface area (Å²) < 4.78 is 5.24. The zero-order valence-corrected chi connectivity index (χ0v) is 11.7. The summed E-state index contributed by atoms with van der Waals surface area (Å²) in [5.41, 5.74) is 0. The summed E-state index contributed by atoms with van der Waals surface area (Å²) in [4.78, 5) is 23.5. The highest BCUT2D eigenvalue weighted by molar-refractivity contribution is 6.35.